The fraction of sp³-hybridized carbons (Fsp3) is 0.867. The Morgan fingerprint density at radius 2 is 1.87 bits per heavy atom. The van der Waals surface area contributed by atoms with Crippen LogP contribution in [0.15, 0.2) is 12.2 Å². The Bertz CT molecular complexity index is 303. The average molecular weight is 204 g/mol. The number of hydrogen-bond donors (Lipinski definition) is 0. The molecule has 0 aromatic rings. The molecular weight excluding hydrogens is 180 g/mol. The summed E-state index contributed by atoms with van der Waals surface area (Å²) in [4.78, 5) is 0. The van der Waals surface area contributed by atoms with Gasteiger partial charge in [-0.25, -0.2) is 0 Å². The standard InChI is InChI=1S/C15H24/c1-9(2)12-6-5-11(4)15-8-7-10(3)13(15)14(12)15/h10-14H,1,5-8H2,2-4H3/t10?,11-,12+,13?,14?,15?/m1/s1. The van der Waals surface area contributed by atoms with Crippen LogP contribution >= 0.6 is 0 Å². The molecule has 0 nitrogen and oxygen atoms in total. The Morgan fingerprint density at radius 3 is 2.53 bits per heavy atom. The molecule has 6 atom stereocenters. The Labute approximate surface area is 94.1 Å². The zero-order valence-corrected chi connectivity index (χ0v) is 10.4. The molecule has 0 saturated heterocycles. The van der Waals surface area contributed by atoms with Crippen LogP contribution in [-0.2, 0) is 0 Å². The highest BCUT2D eigenvalue weighted by Crippen LogP contribution is 2.79. The van der Waals surface area contributed by atoms with Gasteiger partial charge in [-0.1, -0.05) is 26.0 Å². The van der Waals surface area contributed by atoms with Crippen LogP contribution in [0.5, 0.6) is 0 Å². The van der Waals surface area contributed by atoms with Crippen LogP contribution in [0.25, 0.3) is 0 Å². The van der Waals surface area contributed by atoms with E-state index in [0.717, 1.165) is 35.0 Å². The van der Waals surface area contributed by atoms with Crippen LogP contribution < -0.4 is 0 Å². The predicted octanol–water partition coefficient (Wildman–Crippen LogP) is 4.27. The number of fused-ring (bicyclic) bond motifs is 1. The van der Waals surface area contributed by atoms with E-state index >= 15 is 0 Å². The molecule has 4 unspecified atom stereocenters. The van der Waals surface area contributed by atoms with Gasteiger partial charge in [-0.3, -0.25) is 0 Å². The quantitative estimate of drug-likeness (QED) is 0.559. The normalized spacial score (nSPS) is 57.1. The summed E-state index contributed by atoms with van der Waals surface area (Å²) < 4.78 is 0. The fourth-order valence-corrected chi connectivity index (χ4v) is 5.35. The minimum Gasteiger partial charge on any atom is -0.0998 e. The van der Waals surface area contributed by atoms with Gasteiger partial charge in [0.2, 0.25) is 0 Å². The van der Waals surface area contributed by atoms with Gasteiger partial charge in [-0.05, 0) is 67.6 Å². The molecule has 0 heterocycles. The van der Waals surface area contributed by atoms with E-state index in [1.54, 1.807) is 0 Å². The lowest BCUT2D eigenvalue weighted by Gasteiger charge is -2.34. The van der Waals surface area contributed by atoms with Crippen molar-refractivity contribution in [3.05, 3.63) is 12.2 Å². The summed E-state index contributed by atoms with van der Waals surface area (Å²) in [5, 5.41) is 0. The smallest absolute Gasteiger partial charge is 0.0172 e. The van der Waals surface area contributed by atoms with Crippen molar-refractivity contribution < 1.29 is 0 Å². The van der Waals surface area contributed by atoms with Crippen LogP contribution in [-0.4, -0.2) is 0 Å². The summed E-state index contributed by atoms with van der Waals surface area (Å²) in [7, 11) is 0. The second-order valence-electron chi connectivity index (χ2n) is 6.61. The van der Waals surface area contributed by atoms with Crippen molar-refractivity contribution in [2.24, 2.45) is 35.0 Å². The molecule has 0 aromatic carbocycles. The first kappa shape index (κ1) is 9.93. The molecule has 15 heavy (non-hydrogen) atoms. The van der Waals surface area contributed by atoms with Crippen LogP contribution in [0.1, 0.15) is 46.5 Å². The van der Waals surface area contributed by atoms with Crippen molar-refractivity contribution in [2.75, 3.05) is 0 Å². The van der Waals surface area contributed by atoms with E-state index < -0.39 is 0 Å². The summed E-state index contributed by atoms with van der Waals surface area (Å²) in [6, 6.07) is 0. The highest BCUT2D eigenvalue weighted by molar-refractivity contribution is 5.25. The Balaban J connectivity index is 1.91. The molecule has 0 N–H and O–H groups in total. The van der Waals surface area contributed by atoms with Gasteiger partial charge in [0.1, 0.15) is 0 Å². The van der Waals surface area contributed by atoms with Crippen molar-refractivity contribution in [3.63, 3.8) is 0 Å². The average Bonchev–Trinajstić information content (AvgIpc) is 2.75. The SMILES string of the molecule is C=C(C)[C@@H]1CC[C@@H](C)C23CCC(C)C2C13. The van der Waals surface area contributed by atoms with Crippen LogP contribution in [0.3, 0.4) is 0 Å². The molecule has 0 radical (unpaired) electrons. The third-order valence-electron chi connectivity index (χ3n) is 6.06. The summed E-state index contributed by atoms with van der Waals surface area (Å²) in [5.41, 5.74) is 2.24. The summed E-state index contributed by atoms with van der Waals surface area (Å²) in [5.74, 6) is 4.96. The first-order chi connectivity index (χ1) is 7.09. The zero-order chi connectivity index (χ0) is 10.8. The van der Waals surface area contributed by atoms with E-state index in [0.29, 0.717) is 0 Å². The van der Waals surface area contributed by atoms with E-state index in [1.807, 2.05) is 0 Å². The van der Waals surface area contributed by atoms with Gasteiger partial charge in [0.05, 0.1) is 0 Å². The van der Waals surface area contributed by atoms with Gasteiger partial charge in [-0.15, -0.1) is 0 Å². The monoisotopic (exact) mass is 204 g/mol. The lowest BCUT2D eigenvalue weighted by atomic mass is 9.71. The first-order valence-corrected chi connectivity index (χ1v) is 6.74. The minimum atomic E-state index is 0.779. The van der Waals surface area contributed by atoms with Gasteiger partial charge in [0, 0.05) is 0 Å². The molecule has 3 rings (SSSR count). The molecule has 3 saturated carbocycles. The van der Waals surface area contributed by atoms with Crippen LogP contribution in [0.4, 0.5) is 0 Å². The van der Waals surface area contributed by atoms with Gasteiger partial charge < -0.3 is 0 Å². The molecule has 0 aromatic heterocycles. The largest absolute Gasteiger partial charge is 0.0998 e. The molecule has 0 bridgehead atoms. The van der Waals surface area contributed by atoms with Crippen molar-refractivity contribution >= 4 is 0 Å². The maximum Gasteiger partial charge on any atom is -0.0172 e. The molecule has 3 aliphatic carbocycles. The second kappa shape index (κ2) is 2.90. The highest BCUT2D eigenvalue weighted by Gasteiger charge is 2.73. The Hall–Kier alpha value is -0.260. The van der Waals surface area contributed by atoms with E-state index in [2.05, 4.69) is 27.4 Å². The molecule has 0 amide bonds. The number of rotatable bonds is 1. The van der Waals surface area contributed by atoms with E-state index in [9.17, 15) is 0 Å². The van der Waals surface area contributed by atoms with Crippen molar-refractivity contribution in [3.8, 4) is 0 Å². The van der Waals surface area contributed by atoms with Crippen LogP contribution in [0, 0.1) is 35.0 Å². The maximum atomic E-state index is 4.23. The zero-order valence-electron chi connectivity index (χ0n) is 10.4. The van der Waals surface area contributed by atoms with E-state index in [4.69, 9.17) is 0 Å². The van der Waals surface area contributed by atoms with Crippen molar-refractivity contribution in [1.82, 2.24) is 0 Å². The minimum absolute atomic E-state index is 0.779. The van der Waals surface area contributed by atoms with Gasteiger partial charge in [-0.2, -0.15) is 0 Å². The molecule has 1 spiro atoms. The lowest BCUT2D eigenvalue weighted by Crippen LogP contribution is -2.25. The van der Waals surface area contributed by atoms with Gasteiger partial charge in [0.25, 0.3) is 0 Å². The van der Waals surface area contributed by atoms with E-state index in [1.165, 1.54) is 31.3 Å². The number of hydrogen-bond acceptors (Lipinski definition) is 0. The summed E-state index contributed by atoms with van der Waals surface area (Å²) in [6.45, 7) is 11.5. The molecular formula is C15H24. The second-order valence-corrected chi connectivity index (χ2v) is 6.61. The van der Waals surface area contributed by atoms with Gasteiger partial charge in [0.15, 0.2) is 0 Å². The lowest BCUT2D eigenvalue weighted by molar-refractivity contribution is 0.187. The van der Waals surface area contributed by atoms with Crippen molar-refractivity contribution in [2.45, 2.75) is 46.5 Å². The predicted molar refractivity (Wildman–Crippen MR) is 64.5 cm³/mol. The molecule has 3 aliphatic rings. The Kier molecular flexibility index (Phi) is 1.92. The maximum absolute atomic E-state index is 4.23. The van der Waals surface area contributed by atoms with Crippen LogP contribution in [0.2, 0.25) is 0 Å². The topological polar surface area (TPSA) is 0 Å². The summed E-state index contributed by atoms with van der Waals surface area (Å²) in [6.07, 6.45) is 5.90. The highest BCUT2D eigenvalue weighted by atomic mass is 14.8. The fourth-order valence-electron chi connectivity index (χ4n) is 5.35. The number of allylic oxidation sites excluding steroid dienone is 1. The third kappa shape index (κ3) is 1.04. The molecule has 0 heteroatoms. The Morgan fingerprint density at radius 1 is 1.13 bits per heavy atom. The van der Waals surface area contributed by atoms with E-state index in [-0.39, 0.29) is 0 Å². The molecule has 0 aliphatic heterocycles. The third-order valence-corrected chi connectivity index (χ3v) is 6.06. The van der Waals surface area contributed by atoms with Gasteiger partial charge >= 0.3 is 0 Å². The molecule has 84 valence electrons. The molecule has 3 fully saturated rings. The van der Waals surface area contributed by atoms with Crippen molar-refractivity contribution in [1.29, 1.82) is 0 Å². The first-order valence-electron chi connectivity index (χ1n) is 6.74. The summed E-state index contributed by atoms with van der Waals surface area (Å²) >= 11 is 0.